The Kier molecular flexibility index (Phi) is 7.18. The van der Waals surface area contributed by atoms with Crippen LogP contribution in [0.3, 0.4) is 0 Å². The van der Waals surface area contributed by atoms with E-state index in [0.717, 1.165) is 11.1 Å². The quantitative estimate of drug-likeness (QED) is 0.267. The zero-order chi connectivity index (χ0) is 26.6. The van der Waals surface area contributed by atoms with Crippen molar-refractivity contribution in [3.8, 4) is 33.9 Å². The van der Waals surface area contributed by atoms with E-state index in [2.05, 4.69) is 9.82 Å². The Morgan fingerprint density at radius 2 is 1.78 bits per heavy atom. The zero-order valence-corrected chi connectivity index (χ0v) is 19.7. The maximum Gasteiger partial charge on any atom is 0.405 e. The maximum absolute atomic E-state index is 12.5. The number of anilines is 1. The van der Waals surface area contributed by atoms with E-state index < -0.39 is 18.8 Å². The van der Waals surface area contributed by atoms with Crippen LogP contribution in [-0.2, 0) is 9.63 Å². The average Bonchev–Trinajstić information content (AvgIpc) is 3.33. The number of halogens is 3. The van der Waals surface area contributed by atoms with Gasteiger partial charge in [-0.3, -0.25) is 9.20 Å². The monoisotopic (exact) mass is 514 g/mol. The van der Waals surface area contributed by atoms with Crippen LogP contribution in [0.4, 0.5) is 23.7 Å². The zero-order valence-electron chi connectivity index (χ0n) is 19.7. The lowest BCUT2D eigenvalue weighted by molar-refractivity contribution is -0.129. The van der Waals surface area contributed by atoms with Gasteiger partial charge in [0.25, 0.3) is 0 Å². The molecule has 0 bridgehead atoms. The number of urea groups is 1. The molecule has 2 heterocycles. The first-order valence-corrected chi connectivity index (χ1v) is 10.8. The fraction of sp³-hybridized carbons (Fsp3) is 0.160. The number of pyridine rings is 1. The number of fused-ring (bicyclic) bond motifs is 1. The molecule has 192 valence electrons. The van der Waals surface area contributed by atoms with Crippen molar-refractivity contribution in [3.63, 3.8) is 0 Å². The molecule has 0 aliphatic heterocycles. The van der Waals surface area contributed by atoms with E-state index in [1.165, 1.54) is 12.1 Å². The highest BCUT2D eigenvalue weighted by Crippen LogP contribution is 2.33. The molecule has 2 aromatic carbocycles. The van der Waals surface area contributed by atoms with Crippen LogP contribution in [0.5, 0.6) is 11.5 Å². The lowest BCUT2D eigenvalue weighted by Crippen LogP contribution is -2.43. The van der Waals surface area contributed by atoms with Crippen LogP contribution in [0.25, 0.3) is 28.0 Å². The Morgan fingerprint density at radius 1 is 1.03 bits per heavy atom. The van der Waals surface area contributed by atoms with E-state index in [1.807, 2.05) is 30.5 Å². The van der Waals surface area contributed by atoms with Gasteiger partial charge in [-0.25, -0.2) is 9.78 Å². The summed E-state index contributed by atoms with van der Waals surface area (Å²) >= 11 is 0. The van der Waals surface area contributed by atoms with Gasteiger partial charge in [0.05, 0.1) is 31.8 Å². The number of imidazole rings is 1. The number of nitrogens with zero attached hydrogens (tertiary/aromatic N) is 3. The average molecular weight is 514 g/mol. The highest BCUT2D eigenvalue weighted by molar-refractivity contribution is 5.91. The van der Waals surface area contributed by atoms with Gasteiger partial charge in [0.1, 0.15) is 12.2 Å². The predicted molar refractivity (Wildman–Crippen MR) is 128 cm³/mol. The molecule has 0 fully saturated rings. The molecule has 0 radical (unpaired) electrons. The lowest BCUT2D eigenvalue weighted by atomic mass is 10.1. The number of aromatic nitrogens is 2. The number of hydroxylamine groups is 1. The number of hydrogen-bond donors (Lipinski definition) is 1. The van der Waals surface area contributed by atoms with Crippen LogP contribution in [0, 0.1) is 0 Å². The molecule has 2 aromatic heterocycles. The van der Waals surface area contributed by atoms with Crippen LogP contribution in [-0.4, -0.2) is 48.8 Å². The molecule has 0 saturated heterocycles. The summed E-state index contributed by atoms with van der Waals surface area (Å²) in [4.78, 5) is 32.3. The van der Waals surface area contributed by atoms with Gasteiger partial charge in [0.2, 0.25) is 0 Å². The highest BCUT2D eigenvalue weighted by atomic mass is 19.4. The second kappa shape index (κ2) is 10.5. The van der Waals surface area contributed by atoms with E-state index >= 15 is 0 Å². The second-order valence-corrected chi connectivity index (χ2v) is 7.68. The summed E-state index contributed by atoms with van der Waals surface area (Å²) in [5.74, 6) is 1.19. The van der Waals surface area contributed by atoms with Crippen LogP contribution in [0.1, 0.15) is 0 Å². The van der Waals surface area contributed by atoms with Gasteiger partial charge in [-0.2, -0.15) is 13.2 Å². The molecule has 0 saturated carbocycles. The number of hydrogen-bond acceptors (Lipinski definition) is 6. The summed E-state index contributed by atoms with van der Waals surface area (Å²) in [5.41, 5.74) is 3.65. The van der Waals surface area contributed by atoms with E-state index in [9.17, 15) is 22.8 Å². The molecular formula is C25H21F3N4O5. The number of carbonyl (C=O) groups is 2. The number of rotatable bonds is 8. The minimum atomic E-state index is -4.63. The first-order chi connectivity index (χ1) is 17.7. The Balaban J connectivity index is 1.65. The number of amides is 2. The summed E-state index contributed by atoms with van der Waals surface area (Å²) in [6.07, 6.45) is -1.20. The minimum absolute atomic E-state index is 0.0428. The largest absolute Gasteiger partial charge is 0.493 e. The topological polar surface area (TPSA) is 94.4 Å². The Hall–Kier alpha value is -4.74. The van der Waals surface area contributed by atoms with Crippen molar-refractivity contribution in [2.75, 3.05) is 25.8 Å². The molecule has 1 N–H and O–H groups in total. The molecular weight excluding hydrogens is 493 g/mol. The third-order valence-electron chi connectivity index (χ3n) is 5.38. The van der Waals surface area contributed by atoms with Gasteiger partial charge in [0.15, 0.2) is 11.5 Å². The summed E-state index contributed by atoms with van der Waals surface area (Å²) in [5, 5.41) is 2.12. The first kappa shape index (κ1) is 25.4. The predicted octanol–water partition coefficient (Wildman–Crippen LogP) is 4.85. The Labute approximate surface area is 208 Å². The molecule has 9 nitrogen and oxygen atoms in total. The fourth-order valence-electron chi connectivity index (χ4n) is 3.70. The number of methoxy groups -OCH3 is 2. The molecule has 37 heavy (non-hydrogen) atoms. The Bertz CT molecular complexity index is 1440. The normalized spacial score (nSPS) is 11.2. The van der Waals surface area contributed by atoms with Crippen LogP contribution in [0.2, 0.25) is 0 Å². The van der Waals surface area contributed by atoms with E-state index in [0.29, 0.717) is 33.5 Å². The van der Waals surface area contributed by atoms with Gasteiger partial charge < -0.3 is 19.6 Å². The van der Waals surface area contributed by atoms with Gasteiger partial charge >= 0.3 is 18.7 Å². The molecule has 4 rings (SSSR count). The van der Waals surface area contributed by atoms with Crippen molar-refractivity contribution in [2.24, 2.45) is 0 Å². The van der Waals surface area contributed by atoms with Crippen LogP contribution in [0.15, 0.2) is 67.0 Å². The van der Waals surface area contributed by atoms with Crippen molar-refractivity contribution in [3.05, 3.63) is 67.0 Å². The molecule has 4 aromatic rings. The molecule has 0 spiro atoms. The standard InChI is InChI=1S/C25H21F3N4O5/c1-35-21-7-6-16(11-22(21)36-2)17-8-9-31-20(13-29-23(31)12-17)18-4-3-5-19(10-18)32(37-15-33)24(34)30-14-25(26,27)28/h3-13,15H,14H2,1-2H3,(H,30,34). The van der Waals surface area contributed by atoms with Crippen molar-refractivity contribution < 1.29 is 37.1 Å². The van der Waals surface area contributed by atoms with Gasteiger partial charge in [-0.15, -0.1) is 5.06 Å². The molecule has 12 heteroatoms. The van der Waals surface area contributed by atoms with Gasteiger partial charge in [-0.1, -0.05) is 18.2 Å². The molecule has 0 aliphatic rings. The highest BCUT2D eigenvalue weighted by Gasteiger charge is 2.30. The number of nitrogens with one attached hydrogen (secondary N) is 1. The van der Waals surface area contributed by atoms with Gasteiger partial charge in [-0.05, 0) is 47.5 Å². The summed E-state index contributed by atoms with van der Waals surface area (Å²) in [6.45, 7) is -1.64. The van der Waals surface area contributed by atoms with Crippen molar-refractivity contribution in [2.45, 2.75) is 6.18 Å². The Morgan fingerprint density at radius 3 is 2.49 bits per heavy atom. The summed E-state index contributed by atoms with van der Waals surface area (Å²) in [7, 11) is 3.12. The third kappa shape index (κ3) is 5.58. The number of benzene rings is 2. The van der Waals surface area contributed by atoms with E-state index in [4.69, 9.17) is 9.47 Å². The number of carbonyl (C=O) groups excluding carboxylic acids is 2. The second-order valence-electron chi connectivity index (χ2n) is 7.68. The number of alkyl halides is 3. The van der Waals surface area contributed by atoms with Crippen molar-refractivity contribution >= 4 is 23.8 Å². The molecule has 0 unspecified atom stereocenters. The SMILES string of the molecule is COc1ccc(-c2ccn3c(-c4cccc(N(OC=O)C(=O)NCC(F)(F)F)c4)cnc3c2)cc1OC. The van der Waals surface area contributed by atoms with Gasteiger partial charge in [0, 0.05) is 11.8 Å². The first-order valence-electron chi connectivity index (χ1n) is 10.8. The molecule has 2 amide bonds. The van der Waals surface area contributed by atoms with Crippen LogP contribution < -0.4 is 19.9 Å². The minimum Gasteiger partial charge on any atom is -0.493 e. The third-order valence-corrected chi connectivity index (χ3v) is 5.38. The lowest BCUT2D eigenvalue weighted by Gasteiger charge is -2.20. The van der Waals surface area contributed by atoms with E-state index in [1.54, 1.807) is 48.3 Å². The summed E-state index contributed by atoms with van der Waals surface area (Å²) in [6, 6.07) is 14.3. The summed E-state index contributed by atoms with van der Waals surface area (Å²) < 4.78 is 50.0. The van der Waals surface area contributed by atoms with Crippen LogP contribution >= 0.6 is 0 Å². The smallest absolute Gasteiger partial charge is 0.405 e. The molecule has 0 atom stereocenters. The fourth-order valence-corrected chi connectivity index (χ4v) is 3.70. The van der Waals surface area contributed by atoms with Crippen molar-refractivity contribution in [1.82, 2.24) is 14.7 Å². The van der Waals surface area contributed by atoms with E-state index in [-0.39, 0.29) is 12.2 Å². The number of ether oxygens (including phenoxy) is 2. The van der Waals surface area contributed by atoms with Crippen molar-refractivity contribution in [1.29, 1.82) is 0 Å². The maximum atomic E-state index is 12.5. The molecule has 0 aliphatic carbocycles.